The largest absolute Gasteiger partial charge is 0.378 e. The fraction of sp³-hybridized carbons (Fsp3) is 0.294. The molecule has 0 radical (unpaired) electrons. The first-order valence-corrected chi connectivity index (χ1v) is 10.8. The lowest BCUT2D eigenvalue weighted by Crippen LogP contribution is -2.36. The maximum Gasteiger partial charge on any atom is 0.265 e. The smallest absolute Gasteiger partial charge is 0.265 e. The van der Waals surface area contributed by atoms with E-state index in [2.05, 4.69) is 14.7 Å². The quantitative estimate of drug-likeness (QED) is 0.700. The minimum absolute atomic E-state index is 0.128. The molecule has 1 saturated heterocycles. The van der Waals surface area contributed by atoms with Crippen molar-refractivity contribution in [3.63, 3.8) is 0 Å². The fourth-order valence-electron chi connectivity index (χ4n) is 2.76. The van der Waals surface area contributed by atoms with Gasteiger partial charge in [-0.15, -0.1) is 11.3 Å². The summed E-state index contributed by atoms with van der Waals surface area (Å²) in [6.07, 6.45) is 2.78. The lowest BCUT2D eigenvalue weighted by molar-refractivity contribution is 0.122. The Morgan fingerprint density at radius 2 is 1.93 bits per heavy atom. The van der Waals surface area contributed by atoms with Crippen LogP contribution < -0.4 is 9.62 Å². The first-order chi connectivity index (χ1) is 13.0. The van der Waals surface area contributed by atoms with E-state index in [9.17, 15) is 8.42 Å². The van der Waals surface area contributed by atoms with E-state index in [4.69, 9.17) is 9.72 Å². The molecule has 2 aromatic heterocycles. The maximum absolute atomic E-state index is 12.4. The molecule has 0 spiro atoms. The van der Waals surface area contributed by atoms with Gasteiger partial charge in [0.25, 0.3) is 10.0 Å². The highest BCUT2D eigenvalue weighted by molar-refractivity contribution is 7.92. The molecular weight excluding hydrogens is 386 g/mol. The molecule has 142 valence electrons. The summed E-state index contributed by atoms with van der Waals surface area (Å²) in [6, 6.07) is 7.19. The number of nitrogens with one attached hydrogen (secondary N) is 1. The lowest BCUT2D eigenvalue weighted by atomic mass is 10.1. The molecule has 0 atom stereocenters. The van der Waals surface area contributed by atoms with Gasteiger partial charge in [-0.25, -0.2) is 13.4 Å². The highest BCUT2D eigenvalue weighted by Crippen LogP contribution is 2.29. The second-order valence-electron chi connectivity index (χ2n) is 6.15. The predicted molar refractivity (Wildman–Crippen MR) is 105 cm³/mol. The second kappa shape index (κ2) is 7.29. The van der Waals surface area contributed by atoms with Gasteiger partial charge in [0, 0.05) is 43.0 Å². The van der Waals surface area contributed by atoms with Crippen molar-refractivity contribution in [2.24, 2.45) is 7.05 Å². The summed E-state index contributed by atoms with van der Waals surface area (Å²) in [6.45, 7) is 3.14. The predicted octanol–water partition coefficient (Wildman–Crippen LogP) is 2.18. The topological polar surface area (TPSA) is 89.4 Å². The zero-order chi connectivity index (χ0) is 18.9. The molecule has 3 aromatic rings. The third-order valence-corrected chi connectivity index (χ3v) is 6.44. The van der Waals surface area contributed by atoms with Gasteiger partial charge >= 0.3 is 0 Å². The molecule has 1 fully saturated rings. The van der Waals surface area contributed by atoms with E-state index in [0.717, 1.165) is 42.7 Å². The summed E-state index contributed by atoms with van der Waals surface area (Å²) in [7, 11) is -1.97. The normalized spacial score (nSPS) is 15.1. The Balaban J connectivity index is 1.48. The fourth-order valence-corrected chi connectivity index (χ4v) is 4.69. The number of hydrogen-bond donors (Lipinski definition) is 1. The molecule has 4 rings (SSSR count). The first-order valence-electron chi connectivity index (χ1n) is 8.41. The van der Waals surface area contributed by atoms with Crippen LogP contribution in [0.2, 0.25) is 0 Å². The molecule has 1 N–H and O–H groups in total. The molecule has 1 aliphatic heterocycles. The van der Waals surface area contributed by atoms with Gasteiger partial charge in [-0.2, -0.15) is 5.10 Å². The molecule has 8 nitrogen and oxygen atoms in total. The van der Waals surface area contributed by atoms with E-state index < -0.39 is 10.0 Å². The highest BCUT2D eigenvalue weighted by atomic mass is 32.2. The van der Waals surface area contributed by atoms with E-state index in [1.165, 1.54) is 17.1 Å². The number of aromatic nitrogens is 3. The van der Waals surface area contributed by atoms with Crippen LogP contribution >= 0.6 is 11.3 Å². The summed E-state index contributed by atoms with van der Waals surface area (Å²) in [4.78, 5) is 7.04. The van der Waals surface area contributed by atoms with Crippen molar-refractivity contribution in [1.29, 1.82) is 0 Å². The van der Waals surface area contributed by atoms with E-state index >= 15 is 0 Å². The second-order valence-corrected chi connectivity index (χ2v) is 8.67. The van der Waals surface area contributed by atoms with E-state index in [1.807, 2.05) is 17.5 Å². The standard InChI is InChI=1S/C17H19N5O3S2/c1-21-11-15(10-18-21)27(23,24)20-14-4-2-13(3-5-14)16-12-26-17(19-16)22-6-8-25-9-7-22/h2-5,10-12,20H,6-9H2,1H3. The number of aryl methyl sites for hydroxylation is 1. The molecule has 1 aromatic carbocycles. The van der Waals surface area contributed by atoms with Crippen LogP contribution in [-0.2, 0) is 21.8 Å². The molecule has 0 saturated carbocycles. The summed E-state index contributed by atoms with van der Waals surface area (Å²) in [5.74, 6) is 0. The number of benzene rings is 1. The van der Waals surface area contributed by atoms with Gasteiger partial charge in [0.1, 0.15) is 4.90 Å². The molecule has 0 unspecified atom stereocenters. The Labute approximate surface area is 161 Å². The Hall–Kier alpha value is -2.43. The molecule has 1 aliphatic rings. The Kier molecular flexibility index (Phi) is 4.85. The number of sulfonamides is 1. The molecule has 0 amide bonds. The molecule has 0 aliphatic carbocycles. The third-order valence-electron chi connectivity index (χ3n) is 4.20. The summed E-state index contributed by atoms with van der Waals surface area (Å²) in [5, 5.41) is 6.89. The molecule has 0 bridgehead atoms. The zero-order valence-electron chi connectivity index (χ0n) is 14.7. The lowest BCUT2D eigenvalue weighted by Gasteiger charge is -2.26. The third kappa shape index (κ3) is 3.97. The summed E-state index contributed by atoms with van der Waals surface area (Å²) >= 11 is 1.60. The number of morpholine rings is 1. The van der Waals surface area contributed by atoms with Crippen LogP contribution in [0.3, 0.4) is 0 Å². The monoisotopic (exact) mass is 405 g/mol. The van der Waals surface area contributed by atoms with Crippen molar-refractivity contribution in [3.05, 3.63) is 42.0 Å². The van der Waals surface area contributed by atoms with Gasteiger partial charge in [0.2, 0.25) is 0 Å². The molecule has 3 heterocycles. The van der Waals surface area contributed by atoms with Crippen LogP contribution in [0.15, 0.2) is 46.9 Å². The van der Waals surface area contributed by atoms with E-state index in [-0.39, 0.29) is 4.90 Å². The maximum atomic E-state index is 12.4. The highest BCUT2D eigenvalue weighted by Gasteiger charge is 2.17. The van der Waals surface area contributed by atoms with Crippen molar-refractivity contribution in [1.82, 2.24) is 14.8 Å². The Morgan fingerprint density at radius 1 is 1.19 bits per heavy atom. The van der Waals surface area contributed by atoms with Gasteiger partial charge in [0.15, 0.2) is 5.13 Å². The minimum Gasteiger partial charge on any atom is -0.378 e. The van der Waals surface area contributed by atoms with E-state index in [0.29, 0.717) is 5.69 Å². The number of thiazole rings is 1. The van der Waals surface area contributed by atoms with Crippen LogP contribution in [0, 0.1) is 0 Å². The van der Waals surface area contributed by atoms with Gasteiger partial charge in [0.05, 0.1) is 25.1 Å². The van der Waals surface area contributed by atoms with Crippen molar-refractivity contribution in [3.8, 4) is 11.3 Å². The molecular formula is C17H19N5O3S2. The van der Waals surface area contributed by atoms with Crippen LogP contribution in [-0.4, -0.2) is 49.5 Å². The summed E-state index contributed by atoms with van der Waals surface area (Å²) in [5.41, 5.74) is 2.31. The van der Waals surface area contributed by atoms with Crippen LogP contribution in [0.1, 0.15) is 0 Å². The van der Waals surface area contributed by atoms with Crippen molar-refractivity contribution >= 4 is 32.2 Å². The number of rotatable bonds is 5. The average Bonchev–Trinajstić information content (AvgIpc) is 3.33. The van der Waals surface area contributed by atoms with Crippen molar-refractivity contribution in [2.45, 2.75) is 4.90 Å². The summed E-state index contributed by atoms with van der Waals surface area (Å²) < 4.78 is 34.1. The minimum atomic E-state index is -3.65. The van der Waals surface area contributed by atoms with Crippen LogP contribution in [0.4, 0.5) is 10.8 Å². The zero-order valence-corrected chi connectivity index (χ0v) is 16.3. The van der Waals surface area contributed by atoms with Gasteiger partial charge < -0.3 is 9.64 Å². The number of hydrogen-bond acceptors (Lipinski definition) is 7. The number of anilines is 2. The van der Waals surface area contributed by atoms with Crippen LogP contribution in [0.5, 0.6) is 0 Å². The number of ether oxygens (including phenoxy) is 1. The molecule has 27 heavy (non-hydrogen) atoms. The molecule has 10 heteroatoms. The van der Waals surface area contributed by atoms with Crippen molar-refractivity contribution < 1.29 is 13.2 Å². The van der Waals surface area contributed by atoms with Gasteiger partial charge in [-0.3, -0.25) is 9.40 Å². The average molecular weight is 406 g/mol. The SMILES string of the molecule is Cn1cc(S(=O)(=O)Nc2ccc(-c3csc(N4CCOCC4)n3)cc2)cn1. The van der Waals surface area contributed by atoms with Gasteiger partial charge in [-0.1, -0.05) is 12.1 Å². The Bertz CT molecular complexity index is 1020. The van der Waals surface area contributed by atoms with Gasteiger partial charge in [-0.05, 0) is 12.1 Å². The van der Waals surface area contributed by atoms with Crippen LogP contribution in [0.25, 0.3) is 11.3 Å². The van der Waals surface area contributed by atoms with E-state index in [1.54, 1.807) is 30.5 Å². The Morgan fingerprint density at radius 3 is 2.59 bits per heavy atom. The van der Waals surface area contributed by atoms with Crippen molar-refractivity contribution in [2.75, 3.05) is 35.9 Å². The first kappa shape index (κ1) is 18.0. The number of nitrogens with zero attached hydrogens (tertiary/aromatic N) is 4.